The molecule has 0 spiro atoms. The molecule has 3 aromatic heterocycles. The molecular weight excluding hydrogens is 860 g/mol. The summed E-state index contributed by atoms with van der Waals surface area (Å²) in [6.07, 6.45) is 0.507. The average Bonchev–Trinajstić information content (AvgIpc) is 3.54. The van der Waals surface area contributed by atoms with E-state index in [1.54, 1.807) is 45.2 Å². The number of pyridine rings is 2. The second-order valence-electron chi connectivity index (χ2n) is 15.8. The van der Waals surface area contributed by atoms with Gasteiger partial charge >= 0.3 is 0 Å². The molecule has 0 aliphatic heterocycles. The van der Waals surface area contributed by atoms with Crippen LogP contribution in [0.5, 0.6) is 0 Å². The van der Waals surface area contributed by atoms with Crippen LogP contribution in [-0.4, -0.2) is 18.0 Å². The summed E-state index contributed by atoms with van der Waals surface area (Å²) < 4.78 is 78.0. The van der Waals surface area contributed by atoms with E-state index in [0.29, 0.717) is 33.7 Å². The number of aryl methyl sites for hydroxylation is 1. The zero-order valence-corrected chi connectivity index (χ0v) is 35.5. The summed E-state index contributed by atoms with van der Waals surface area (Å²) in [5.41, 5.74) is 5.98. The molecule has 7 aromatic rings. The number of halogens is 1. The first-order valence-electron chi connectivity index (χ1n) is 21.5. The second-order valence-corrected chi connectivity index (χ2v) is 20.8. The van der Waals surface area contributed by atoms with E-state index in [2.05, 4.69) is 66.0 Å². The Morgan fingerprint density at radius 3 is 2.17 bits per heavy atom. The maximum Gasteiger partial charge on any atom is 0.120 e. The second kappa shape index (κ2) is 17.1. The topological polar surface area (TPSA) is 38.9 Å². The molecule has 0 bridgehead atoms. The monoisotopic (exact) mass is 918 g/mol. The molecular formula is C48H51FIrN2OSi-2. The third kappa shape index (κ3) is 10.3. The maximum atomic E-state index is 13.5. The Bertz CT molecular complexity index is 2650. The largest absolute Gasteiger partial charge is 0.500 e. The Morgan fingerprint density at radius 1 is 0.815 bits per heavy atom. The van der Waals surface area contributed by atoms with E-state index in [0.717, 1.165) is 33.5 Å². The molecule has 0 saturated carbocycles. The number of rotatable bonds is 8. The van der Waals surface area contributed by atoms with Gasteiger partial charge in [-0.05, 0) is 82.7 Å². The molecule has 6 heteroatoms. The van der Waals surface area contributed by atoms with Gasteiger partial charge in [0.05, 0.1) is 13.7 Å². The van der Waals surface area contributed by atoms with Crippen LogP contribution in [0.15, 0.2) is 108 Å². The fourth-order valence-corrected chi connectivity index (χ4v) is 7.59. The van der Waals surface area contributed by atoms with Crippen molar-refractivity contribution in [3.8, 4) is 22.5 Å². The number of hydrogen-bond donors (Lipinski definition) is 0. The average molecular weight is 918 g/mol. The number of fused-ring (bicyclic) bond motifs is 3. The first-order valence-corrected chi connectivity index (χ1v) is 21.5. The van der Waals surface area contributed by atoms with Gasteiger partial charge in [-0.25, -0.2) is 4.39 Å². The Morgan fingerprint density at radius 2 is 1.50 bits per heavy atom. The number of aromatic nitrogens is 2. The van der Waals surface area contributed by atoms with Gasteiger partial charge in [-0.1, -0.05) is 119 Å². The van der Waals surface area contributed by atoms with E-state index in [-0.39, 0.29) is 43.0 Å². The molecule has 0 saturated heterocycles. The number of nitrogens with zero attached hydrogens (tertiary/aromatic N) is 2. The summed E-state index contributed by atoms with van der Waals surface area (Å²) >= 11 is 0. The molecule has 3 nitrogen and oxygen atoms in total. The van der Waals surface area contributed by atoms with Crippen molar-refractivity contribution in [1.82, 2.24) is 9.97 Å². The van der Waals surface area contributed by atoms with Gasteiger partial charge in [-0.2, -0.15) is 0 Å². The van der Waals surface area contributed by atoms with Crippen molar-refractivity contribution in [1.29, 1.82) is 0 Å². The van der Waals surface area contributed by atoms with Gasteiger partial charge in [0, 0.05) is 53.3 Å². The number of furan rings is 1. The summed E-state index contributed by atoms with van der Waals surface area (Å²) in [5, 5.41) is 2.89. The predicted molar refractivity (Wildman–Crippen MR) is 223 cm³/mol. The van der Waals surface area contributed by atoms with Gasteiger partial charge in [0.2, 0.25) is 0 Å². The maximum absolute atomic E-state index is 13.5. The zero-order chi connectivity index (χ0) is 44.0. The van der Waals surface area contributed by atoms with Gasteiger partial charge in [-0.3, -0.25) is 0 Å². The van der Waals surface area contributed by atoms with Gasteiger partial charge in [0.1, 0.15) is 5.58 Å². The van der Waals surface area contributed by atoms with Crippen molar-refractivity contribution in [3.63, 3.8) is 0 Å². The van der Waals surface area contributed by atoms with Gasteiger partial charge < -0.3 is 14.4 Å². The first kappa shape index (κ1) is 32.1. The van der Waals surface area contributed by atoms with Gasteiger partial charge in [-0.15, -0.1) is 53.6 Å². The molecule has 0 aliphatic carbocycles. The number of hydrogen-bond acceptors (Lipinski definition) is 3. The van der Waals surface area contributed by atoms with Crippen molar-refractivity contribution in [2.75, 3.05) is 0 Å². The smallest absolute Gasteiger partial charge is 0.120 e. The minimum Gasteiger partial charge on any atom is -0.500 e. The van der Waals surface area contributed by atoms with Crippen LogP contribution < -0.4 is 5.19 Å². The Labute approximate surface area is 345 Å². The SMILES string of the molecule is [2H]C([2H])([2H])c1cnc(-c2[c-]cc3oc4ccc(Cc5ccccc5)cc4c3c2)cc1C([2H])([2H])C(C)(C)C.[2H]C([2H])(c1cc(-c2[c-]ccc(F)c2)ncc1[Si](C)(C)C)C(C)C.[Ir]. The van der Waals surface area contributed by atoms with Gasteiger partial charge in [0.15, 0.2) is 0 Å². The predicted octanol–water partition coefficient (Wildman–Crippen LogP) is 12.4. The molecule has 4 aromatic carbocycles. The van der Waals surface area contributed by atoms with E-state index < -0.39 is 33.1 Å². The molecule has 54 heavy (non-hydrogen) atoms. The van der Waals surface area contributed by atoms with Crippen LogP contribution in [0.2, 0.25) is 19.6 Å². The van der Waals surface area contributed by atoms with Crippen LogP contribution in [0, 0.1) is 36.1 Å². The molecule has 0 N–H and O–H groups in total. The molecule has 0 unspecified atom stereocenters. The summed E-state index contributed by atoms with van der Waals surface area (Å²) in [6, 6.07) is 33.9. The Balaban J connectivity index is 0.000000253. The Kier molecular flexibility index (Phi) is 10.1. The molecule has 0 aliphatic rings. The normalized spacial score (nSPS) is 14.4. The minimum absolute atomic E-state index is 0. The Hall–Kier alpha value is -4.22. The molecule has 1 radical (unpaired) electrons. The van der Waals surface area contributed by atoms with E-state index in [9.17, 15) is 4.39 Å². The van der Waals surface area contributed by atoms with Crippen LogP contribution in [0.4, 0.5) is 4.39 Å². The third-order valence-electron chi connectivity index (χ3n) is 8.60. The van der Waals surface area contributed by atoms with Crippen LogP contribution in [-0.2, 0) is 39.3 Å². The summed E-state index contributed by atoms with van der Waals surface area (Å²) in [5.74, 6) is -0.507. The van der Waals surface area contributed by atoms with Gasteiger partial charge in [0.25, 0.3) is 0 Å². The summed E-state index contributed by atoms with van der Waals surface area (Å²) in [7, 11) is -1.76. The summed E-state index contributed by atoms with van der Waals surface area (Å²) in [4.78, 5) is 8.89. The standard InChI is InChI=1S/C30H28NO.C18H23FNSi.Ir/c1-20-19-31-27(17-24(20)18-30(2,3)4)23-11-13-29-26(16-23)25-15-22(10-12-28(25)32-29)14-21-8-6-5-7-9-21;1-13(2)9-15-11-17(14-7-6-8-16(19)10-14)20-12-18(15)21(3,4)5;/h5-10,12-13,15-17,19H,14,18H2,1-4H3;6,8,10-13H,9H2,1-5H3;/q2*-1;/i1D3,18D2;9D2;. The minimum atomic E-state index is -2.48. The first-order chi connectivity index (χ1) is 27.9. The molecule has 281 valence electrons. The van der Waals surface area contributed by atoms with Crippen LogP contribution in [0.3, 0.4) is 0 Å². The van der Waals surface area contributed by atoms with Crippen LogP contribution >= 0.6 is 0 Å². The summed E-state index contributed by atoms with van der Waals surface area (Å²) in [6.45, 7) is 13.1. The number of benzene rings is 4. The van der Waals surface area contributed by atoms with E-state index in [1.165, 1.54) is 30.0 Å². The van der Waals surface area contributed by atoms with E-state index >= 15 is 0 Å². The van der Waals surface area contributed by atoms with Crippen molar-refractivity contribution in [2.24, 2.45) is 11.3 Å². The zero-order valence-electron chi connectivity index (χ0n) is 39.1. The molecule has 0 atom stereocenters. The fraction of sp³-hybridized carbons (Fsp3) is 0.292. The molecule has 0 amide bonds. The van der Waals surface area contributed by atoms with Crippen LogP contribution in [0.25, 0.3) is 44.5 Å². The molecule has 7 rings (SSSR count). The third-order valence-corrected chi connectivity index (χ3v) is 10.6. The van der Waals surface area contributed by atoms with E-state index in [4.69, 9.17) is 14.0 Å². The van der Waals surface area contributed by atoms with Crippen molar-refractivity contribution in [3.05, 3.63) is 149 Å². The van der Waals surface area contributed by atoms with Crippen LogP contribution in [0.1, 0.15) is 72.0 Å². The molecule has 3 heterocycles. The van der Waals surface area contributed by atoms with Crippen molar-refractivity contribution < 1.29 is 38.5 Å². The quantitative estimate of drug-likeness (QED) is 0.113. The van der Waals surface area contributed by atoms with Crippen molar-refractivity contribution >= 4 is 35.2 Å². The van der Waals surface area contributed by atoms with E-state index in [1.807, 2.05) is 44.2 Å². The van der Waals surface area contributed by atoms with Crippen molar-refractivity contribution in [2.45, 2.75) is 80.3 Å². The fourth-order valence-electron chi connectivity index (χ4n) is 6.19. The molecule has 0 fully saturated rings.